The molecule has 0 aliphatic rings. The van der Waals surface area contributed by atoms with Crippen LogP contribution in [0.15, 0.2) is 46.9 Å². The van der Waals surface area contributed by atoms with E-state index in [-0.39, 0.29) is 11.9 Å². The number of hydrazine groups is 1. The first-order valence-electron chi connectivity index (χ1n) is 6.77. The average molecular weight is 353 g/mol. The zero-order valence-corrected chi connectivity index (χ0v) is 13.4. The molecule has 1 unspecified atom stereocenters. The number of benzene rings is 2. The Morgan fingerprint density at radius 2 is 2.10 bits per heavy atom. The maximum atomic E-state index is 13.9. The molecular weight excluding hydrogens is 335 g/mol. The summed E-state index contributed by atoms with van der Waals surface area (Å²) >= 11 is 3.25. The van der Waals surface area contributed by atoms with Crippen molar-refractivity contribution in [3.63, 3.8) is 0 Å². The molecule has 1 atom stereocenters. The van der Waals surface area contributed by atoms with E-state index in [2.05, 4.69) is 21.4 Å². The summed E-state index contributed by atoms with van der Waals surface area (Å²) in [6.45, 7) is 2.54. The highest BCUT2D eigenvalue weighted by Crippen LogP contribution is 2.24. The van der Waals surface area contributed by atoms with Crippen molar-refractivity contribution in [2.45, 2.75) is 19.4 Å². The third-order valence-electron chi connectivity index (χ3n) is 3.21. The van der Waals surface area contributed by atoms with Gasteiger partial charge in [0.2, 0.25) is 0 Å². The van der Waals surface area contributed by atoms with Gasteiger partial charge in [-0.2, -0.15) is 0 Å². The lowest BCUT2D eigenvalue weighted by Gasteiger charge is -2.18. The molecule has 2 aromatic rings. The van der Waals surface area contributed by atoms with Crippen LogP contribution >= 0.6 is 15.9 Å². The monoisotopic (exact) mass is 352 g/mol. The highest BCUT2D eigenvalue weighted by molar-refractivity contribution is 9.10. The molecule has 112 valence electrons. The maximum Gasteiger partial charge on any atom is 0.127 e. The van der Waals surface area contributed by atoms with Crippen molar-refractivity contribution in [1.82, 2.24) is 5.43 Å². The lowest BCUT2D eigenvalue weighted by molar-refractivity contribution is 0.339. The van der Waals surface area contributed by atoms with Gasteiger partial charge in [0, 0.05) is 4.47 Å². The minimum absolute atomic E-state index is 0.180. The fourth-order valence-corrected chi connectivity index (χ4v) is 2.50. The van der Waals surface area contributed by atoms with Gasteiger partial charge in [0.1, 0.15) is 11.6 Å². The molecule has 0 saturated carbocycles. The Labute approximate surface area is 132 Å². The fourth-order valence-electron chi connectivity index (χ4n) is 2.17. The van der Waals surface area contributed by atoms with Gasteiger partial charge < -0.3 is 4.74 Å². The van der Waals surface area contributed by atoms with Crippen molar-refractivity contribution in [2.24, 2.45) is 5.84 Å². The van der Waals surface area contributed by atoms with Crippen molar-refractivity contribution in [3.05, 3.63) is 63.9 Å². The van der Waals surface area contributed by atoms with E-state index in [4.69, 9.17) is 10.6 Å². The minimum atomic E-state index is -0.245. The van der Waals surface area contributed by atoms with Crippen LogP contribution in [-0.2, 0) is 6.42 Å². The SMILES string of the molecule is CCOc1cccc(C(Cc2ccc(Br)cc2F)NN)c1. The number of hydrogen-bond acceptors (Lipinski definition) is 3. The molecule has 0 amide bonds. The van der Waals surface area contributed by atoms with E-state index in [1.807, 2.05) is 37.3 Å². The highest BCUT2D eigenvalue weighted by atomic mass is 79.9. The number of nitrogens with two attached hydrogens (primary N) is 1. The molecule has 0 aromatic heterocycles. The second kappa shape index (κ2) is 7.54. The lowest BCUT2D eigenvalue weighted by Crippen LogP contribution is -2.29. The summed E-state index contributed by atoms with van der Waals surface area (Å²) in [4.78, 5) is 0. The molecule has 0 fully saturated rings. The Hall–Kier alpha value is -1.43. The van der Waals surface area contributed by atoms with Crippen LogP contribution in [0, 0.1) is 5.82 Å². The standard InChI is InChI=1S/C16H18BrFN2O/c1-2-21-14-5-3-4-12(8-14)16(20-19)9-11-6-7-13(17)10-15(11)18/h3-8,10,16,20H,2,9,19H2,1H3. The summed E-state index contributed by atoms with van der Waals surface area (Å²) in [5, 5.41) is 0. The Morgan fingerprint density at radius 1 is 1.29 bits per heavy atom. The zero-order valence-electron chi connectivity index (χ0n) is 11.8. The summed E-state index contributed by atoms with van der Waals surface area (Å²) in [6.07, 6.45) is 0.463. The predicted molar refractivity (Wildman–Crippen MR) is 85.5 cm³/mol. The van der Waals surface area contributed by atoms with Gasteiger partial charge in [-0.3, -0.25) is 11.3 Å². The first kappa shape index (κ1) is 15.9. The maximum absolute atomic E-state index is 13.9. The average Bonchev–Trinajstić information content (AvgIpc) is 2.47. The van der Waals surface area contributed by atoms with Crippen LogP contribution in [0.1, 0.15) is 24.1 Å². The Balaban J connectivity index is 2.21. The number of halogens is 2. The van der Waals surface area contributed by atoms with Gasteiger partial charge in [0.25, 0.3) is 0 Å². The fraction of sp³-hybridized carbons (Fsp3) is 0.250. The van der Waals surface area contributed by atoms with Crippen LogP contribution in [0.5, 0.6) is 5.75 Å². The first-order valence-corrected chi connectivity index (χ1v) is 7.56. The summed E-state index contributed by atoms with van der Waals surface area (Å²) in [6, 6.07) is 12.5. The smallest absolute Gasteiger partial charge is 0.127 e. The molecule has 0 aliphatic carbocycles. The van der Waals surface area contributed by atoms with Crippen LogP contribution in [-0.4, -0.2) is 6.61 Å². The van der Waals surface area contributed by atoms with Gasteiger partial charge in [-0.15, -0.1) is 0 Å². The Kier molecular flexibility index (Phi) is 5.73. The summed E-state index contributed by atoms with van der Waals surface area (Å²) in [5.41, 5.74) is 4.32. The number of nitrogens with one attached hydrogen (secondary N) is 1. The van der Waals surface area contributed by atoms with Crippen LogP contribution < -0.4 is 16.0 Å². The molecule has 5 heteroatoms. The number of rotatable bonds is 6. The van der Waals surface area contributed by atoms with E-state index >= 15 is 0 Å². The molecular formula is C16H18BrFN2O. The molecule has 3 N–H and O–H groups in total. The van der Waals surface area contributed by atoms with Gasteiger partial charge in [0.05, 0.1) is 12.6 Å². The topological polar surface area (TPSA) is 47.3 Å². The summed E-state index contributed by atoms with van der Waals surface area (Å²) < 4.78 is 20.1. The molecule has 0 radical (unpaired) electrons. The van der Waals surface area contributed by atoms with Crippen molar-refractivity contribution in [2.75, 3.05) is 6.61 Å². The van der Waals surface area contributed by atoms with Crippen LogP contribution in [0.25, 0.3) is 0 Å². The van der Waals surface area contributed by atoms with Gasteiger partial charge in [0.15, 0.2) is 0 Å². The van der Waals surface area contributed by atoms with E-state index in [9.17, 15) is 4.39 Å². The minimum Gasteiger partial charge on any atom is -0.494 e. The molecule has 21 heavy (non-hydrogen) atoms. The lowest BCUT2D eigenvalue weighted by atomic mass is 9.99. The van der Waals surface area contributed by atoms with Gasteiger partial charge in [-0.1, -0.05) is 34.1 Å². The van der Waals surface area contributed by atoms with E-state index in [1.165, 1.54) is 6.07 Å². The highest BCUT2D eigenvalue weighted by Gasteiger charge is 2.14. The van der Waals surface area contributed by atoms with E-state index in [0.717, 1.165) is 15.8 Å². The summed E-state index contributed by atoms with van der Waals surface area (Å²) in [5.74, 6) is 6.17. The normalized spacial score (nSPS) is 12.2. The quantitative estimate of drug-likeness (QED) is 0.615. The molecule has 0 bridgehead atoms. The molecule has 2 aromatic carbocycles. The van der Waals surface area contributed by atoms with E-state index in [1.54, 1.807) is 6.07 Å². The van der Waals surface area contributed by atoms with Crippen molar-refractivity contribution in [3.8, 4) is 5.75 Å². The summed E-state index contributed by atoms with van der Waals surface area (Å²) in [7, 11) is 0. The largest absolute Gasteiger partial charge is 0.494 e. The third-order valence-corrected chi connectivity index (χ3v) is 3.71. The molecule has 3 nitrogen and oxygen atoms in total. The second-order valence-corrected chi connectivity index (χ2v) is 5.58. The van der Waals surface area contributed by atoms with Crippen molar-refractivity contribution in [1.29, 1.82) is 0 Å². The first-order chi connectivity index (χ1) is 10.1. The van der Waals surface area contributed by atoms with Gasteiger partial charge in [-0.05, 0) is 48.7 Å². The van der Waals surface area contributed by atoms with Crippen LogP contribution in [0.3, 0.4) is 0 Å². The predicted octanol–water partition coefficient (Wildman–Crippen LogP) is 3.73. The van der Waals surface area contributed by atoms with Crippen LogP contribution in [0.4, 0.5) is 4.39 Å². The van der Waals surface area contributed by atoms with Crippen LogP contribution in [0.2, 0.25) is 0 Å². The van der Waals surface area contributed by atoms with E-state index in [0.29, 0.717) is 18.6 Å². The molecule has 0 heterocycles. The number of hydrogen-bond donors (Lipinski definition) is 2. The van der Waals surface area contributed by atoms with Gasteiger partial charge >= 0.3 is 0 Å². The van der Waals surface area contributed by atoms with E-state index < -0.39 is 0 Å². The Morgan fingerprint density at radius 3 is 2.76 bits per heavy atom. The molecule has 0 aliphatic heterocycles. The molecule has 2 rings (SSSR count). The van der Waals surface area contributed by atoms with Crippen molar-refractivity contribution < 1.29 is 9.13 Å². The Bertz CT molecular complexity index is 607. The molecule has 0 spiro atoms. The third kappa shape index (κ3) is 4.27. The van der Waals surface area contributed by atoms with Gasteiger partial charge in [-0.25, -0.2) is 4.39 Å². The molecule has 0 saturated heterocycles. The number of ether oxygens (including phenoxy) is 1. The zero-order chi connectivity index (χ0) is 15.2. The second-order valence-electron chi connectivity index (χ2n) is 4.66. The van der Waals surface area contributed by atoms with Crippen molar-refractivity contribution >= 4 is 15.9 Å².